The van der Waals surface area contributed by atoms with Gasteiger partial charge in [-0.1, -0.05) is 24.1 Å². The van der Waals surface area contributed by atoms with Crippen molar-refractivity contribution in [3.8, 4) is 0 Å². The second kappa shape index (κ2) is 6.34. The van der Waals surface area contributed by atoms with Crippen LogP contribution < -0.4 is 5.73 Å². The van der Waals surface area contributed by atoms with E-state index in [4.69, 9.17) is 17.3 Å². The molecule has 94 valence electrons. The van der Waals surface area contributed by atoms with Crippen molar-refractivity contribution in [3.05, 3.63) is 29.0 Å². The van der Waals surface area contributed by atoms with Gasteiger partial charge in [0.05, 0.1) is 0 Å². The van der Waals surface area contributed by atoms with Crippen molar-refractivity contribution in [1.82, 2.24) is 9.88 Å². The summed E-state index contributed by atoms with van der Waals surface area (Å²) in [6.07, 6.45) is 6.67. The molecule has 1 atom stereocenters. The zero-order valence-electron chi connectivity index (χ0n) is 10.1. The molecule has 0 saturated carbocycles. The molecule has 0 amide bonds. The summed E-state index contributed by atoms with van der Waals surface area (Å²) in [4.78, 5) is 6.63. The first-order chi connectivity index (χ1) is 8.31. The maximum absolute atomic E-state index is 6.11. The zero-order valence-corrected chi connectivity index (χ0v) is 10.9. The fourth-order valence-electron chi connectivity index (χ4n) is 2.54. The Morgan fingerprint density at radius 2 is 2.35 bits per heavy atom. The summed E-state index contributed by atoms with van der Waals surface area (Å²) < 4.78 is 0. The molecule has 4 heteroatoms. The molecule has 0 aliphatic carbocycles. The lowest BCUT2D eigenvalue weighted by Crippen LogP contribution is -2.40. The number of aromatic nitrogens is 1. The average molecular weight is 254 g/mol. The molecule has 17 heavy (non-hydrogen) atoms. The Hall–Kier alpha value is -0.640. The van der Waals surface area contributed by atoms with Crippen LogP contribution in [0.5, 0.6) is 0 Å². The zero-order chi connectivity index (χ0) is 12.1. The third kappa shape index (κ3) is 3.41. The Kier molecular flexibility index (Phi) is 4.77. The number of hydrogen-bond acceptors (Lipinski definition) is 3. The highest BCUT2D eigenvalue weighted by molar-refractivity contribution is 6.30. The van der Waals surface area contributed by atoms with E-state index in [1.165, 1.54) is 19.3 Å². The van der Waals surface area contributed by atoms with Crippen LogP contribution in [0, 0.1) is 0 Å². The lowest BCUT2D eigenvalue weighted by Gasteiger charge is -2.35. The Balaban J connectivity index is 2.03. The van der Waals surface area contributed by atoms with Gasteiger partial charge < -0.3 is 5.73 Å². The van der Waals surface area contributed by atoms with Gasteiger partial charge in [-0.25, -0.2) is 4.98 Å². The fourth-order valence-corrected chi connectivity index (χ4v) is 2.72. The van der Waals surface area contributed by atoms with E-state index in [-0.39, 0.29) is 0 Å². The third-order valence-electron chi connectivity index (χ3n) is 3.46. The highest BCUT2D eigenvalue weighted by Gasteiger charge is 2.22. The van der Waals surface area contributed by atoms with Gasteiger partial charge in [-0.3, -0.25) is 4.90 Å². The van der Waals surface area contributed by atoms with E-state index in [2.05, 4.69) is 16.0 Å². The van der Waals surface area contributed by atoms with Gasteiger partial charge in [-0.05, 0) is 38.4 Å². The van der Waals surface area contributed by atoms with Crippen molar-refractivity contribution in [3.63, 3.8) is 0 Å². The molecule has 1 aliphatic heterocycles. The van der Waals surface area contributed by atoms with Crippen LogP contribution >= 0.6 is 11.6 Å². The molecule has 0 aromatic carbocycles. The average Bonchev–Trinajstić information content (AvgIpc) is 2.35. The minimum Gasteiger partial charge on any atom is -0.330 e. The van der Waals surface area contributed by atoms with E-state index in [0.29, 0.717) is 11.2 Å². The summed E-state index contributed by atoms with van der Waals surface area (Å²) in [6.45, 7) is 2.81. The summed E-state index contributed by atoms with van der Waals surface area (Å²) >= 11 is 6.11. The number of hydrogen-bond donors (Lipinski definition) is 1. The Labute approximate surface area is 108 Å². The first-order valence-corrected chi connectivity index (χ1v) is 6.72. The predicted octanol–water partition coefficient (Wildman–Crippen LogP) is 2.44. The number of halogens is 1. The van der Waals surface area contributed by atoms with Gasteiger partial charge in [0, 0.05) is 24.3 Å². The van der Waals surface area contributed by atoms with E-state index < -0.39 is 0 Å². The smallest absolute Gasteiger partial charge is 0.133 e. The fraction of sp³-hybridized carbons (Fsp3) is 0.615. The largest absolute Gasteiger partial charge is 0.330 e. The minimum atomic E-state index is 0.616. The summed E-state index contributed by atoms with van der Waals surface area (Å²) in [6, 6.07) is 4.62. The van der Waals surface area contributed by atoms with Gasteiger partial charge >= 0.3 is 0 Å². The van der Waals surface area contributed by atoms with Crippen molar-refractivity contribution in [2.24, 2.45) is 5.73 Å². The number of pyridine rings is 1. The van der Waals surface area contributed by atoms with Gasteiger partial charge in [0.25, 0.3) is 0 Å². The molecule has 0 radical (unpaired) electrons. The van der Waals surface area contributed by atoms with E-state index in [0.717, 1.165) is 31.6 Å². The van der Waals surface area contributed by atoms with E-state index in [1.807, 2.05) is 6.07 Å². The van der Waals surface area contributed by atoms with Crippen molar-refractivity contribution in [1.29, 1.82) is 0 Å². The molecular weight excluding hydrogens is 234 g/mol. The van der Waals surface area contributed by atoms with Crippen LogP contribution in [0.1, 0.15) is 31.2 Å². The molecule has 3 nitrogen and oxygen atoms in total. The molecule has 2 heterocycles. The van der Waals surface area contributed by atoms with Crippen molar-refractivity contribution < 1.29 is 0 Å². The molecule has 0 spiro atoms. The summed E-state index contributed by atoms with van der Waals surface area (Å²) in [5.41, 5.74) is 6.80. The Bertz CT molecular complexity index is 354. The predicted molar refractivity (Wildman–Crippen MR) is 71.0 cm³/mol. The number of piperidine rings is 1. The Morgan fingerprint density at radius 3 is 3.12 bits per heavy atom. The number of rotatable bonds is 4. The van der Waals surface area contributed by atoms with Crippen LogP contribution in [0.3, 0.4) is 0 Å². The number of likely N-dealkylation sites (tertiary alicyclic amines) is 1. The Morgan fingerprint density at radius 1 is 1.47 bits per heavy atom. The van der Waals surface area contributed by atoms with Crippen molar-refractivity contribution >= 4 is 11.6 Å². The van der Waals surface area contributed by atoms with E-state index >= 15 is 0 Å². The monoisotopic (exact) mass is 253 g/mol. The molecular formula is C13H20ClN3. The van der Waals surface area contributed by atoms with Gasteiger partial charge in [0.1, 0.15) is 5.15 Å². The van der Waals surface area contributed by atoms with Crippen LogP contribution in [-0.2, 0) is 6.54 Å². The van der Waals surface area contributed by atoms with Crippen LogP contribution in [0.25, 0.3) is 0 Å². The molecule has 2 rings (SSSR count). The third-order valence-corrected chi connectivity index (χ3v) is 3.80. The second-order valence-corrected chi connectivity index (χ2v) is 5.01. The molecule has 1 aromatic heterocycles. The quantitative estimate of drug-likeness (QED) is 0.839. The van der Waals surface area contributed by atoms with Crippen LogP contribution in [0.15, 0.2) is 18.3 Å². The molecule has 1 fully saturated rings. The molecule has 2 N–H and O–H groups in total. The van der Waals surface area contributed by atoms with Crippen LogP contribution in [-0.4, -0.2) is 29.0 Å². The summed E-state index contributed by atoms with van der Waals surface area (Å²) in [5, 5.41) is 0.629. The van der Waals surface area contributed by atoms with Gasteiger partial charge in [0.15, 0.2) is 0 Å². The molecule has 1 aliphatic rings. The van der Waals surface area contributed by atoms with Crippen molar-refractivity contribution in [2.75, 3.05) is 13.1 Å². The first kappa shape index (κ1) is 12.8. The molecule has 1 aromatic rings. The highest BCUT2D eigenvalue weighted by Crippen LogP contribution is 2.23. The van der Waals surface area contributed by atoms with Crippen LogP contribution in [0.2, 0.25) is 5.15 Å². The first-order valence-electron chi connectivity index (χ1n) is 6.35. The molecule has 0 bridgehead atoms. The highest BCUT2D eigenvalue weighted by atomic mass is 35.5. The summed E-state index contributed by atoms with van der Waals surface area (Å²) in [7, 11) is 0. The van der Waals surface area contributed by atoms with E-state index in [1.54, 1.807) is 6.20 Å². The second-order valence-electron chi connectivity index (χ2n) is 4.65. The van der Waals surface area contributed by atoms with Gasteiger partial charge in [0.2, 0.25) is 0 Å². The SMILES string of the molecule is NCCC1CCCCN1Cc1cccnc1Cl. The van der Waals surface area contributed by atoms with Gasteiger partial charge in [-0.15, -0.1) is 0 Å². The normalized spacial score (nSPS) is 21.6. The van der Waals surface area contributed by atoms with Gasteiger partial charge in [-0.2, -0.15) is 0 Å². The van der Waals surface area contributed by atoms with Crippen molar-refractivity contribution in [2.45, 2.75) is 38.3 Å². The molecule has 1 unspecified atom stereocenters. The van der Waals surface area contributed by atoms with E-state index in [9.17, 15) is 0 Å². The lowest BCUT2D eigenvalue weighted by molar-refractivity contribution is 0.134. The topological polar surface area (TPSA) is 42.1 Å². The van der Waals surface area contributed by atoms with Crippen LogP contribution in [0.4, 0.5) is 0 Å². The standard InChI is InChI=1S/C13H20ClN3/c14-13-11(4-3-8-16-13)10-17-9-2-1-5-12(17)6-7-15/h3-4,8,12H,1-2,5-7,9-10,15H2. The lowest BCUT2D eigenvalue weighted by atomic mass is 9.99. The number of nitrogens with two attached hydrogens (primary N) is 1. The summed E-state index contributed by atoms with van der Waals surface area (Å²) in [5.74, 6) is 0. The maximum atomic E-state index is 6.11. The maximum Gasteiger partial charge on any atom is 0.133 e. The number of nitrogens with zero attached hydrogens (tertiary/aromatic N) is 2. The molecule has 1 saturated heterocycles. The minimum absolute atomic E-state index is 0.616.